The summed E-state index contributed by atoms with van der Waals surface area (Å²) >= 11 is 0. The first-order chi connectivity index (χ1) is 3.27. The number of hydrogen-bond acceptors (Lipinski definition) is 4. The molecule has 0 atom stereocenters. The first-order valence-electron chi connectivity index (χ1n) is 1.86. The van der Waals surface area contributed by atoms with Crippen LogP contribution in [0.4, 0.5) is 0 Å². The van der Waals surface area contributed by atoms with Gasteiger partial charge < -0.3 is 9.09 Å². The van der Waals surface area contributed by atoms with Gasteiger partial charge in [0.15, 0.2) is 0 Å². The average molecular weight is 120 g/mol. The van der Waals surface area contributed by atoms with Gasteiger partial charge in [-0.1, -0.05) is 0 Å². The van der Waals surface area contributed by atoms with Crippen LogP contribution in [0.3, 0.4) is 0 Å². The molecule has 0 bridgehead atoms. The Morgan fingerprint density at radius 1 is 1.71 bits per heavy atom. The Hall–Kier alpha value is -0.423. The molecule has 4 nitrogen and oxygen atoms in total. The van der Waals surface area contributed by atoms with Gasteiger partial charge in [0.25, 0.3) is 0 Å². The van der Waals surface area contributed by atoms with E-state index in [1.807, 2.05) is 18.7 Å². The molecule has 0 aromatic carbocycles. The van der Waals surface area contributed by atoms with Crippen LogP contribution in [0.5, 0.6) is 0 Å². The van der Waals surface area contributed by atoms with Crippen LogP contribution in [0.1, 0.15) is 0 Å². The fourth-order valence-corrected chi connectivity index (χ4v) is 0.417. The van der Waals surface area contributed by atoms with Crippen LogP contribution < -0.4 is 0 Å². The number of rotatable bonds is 3. The molecule has 42 valence electrons. The molecule has 0 aliphatic carbocycles. The Balaban J connectivity index is 2.81. The van der Waals surface area contributed by atoms with Gasteiger partial charge >= 0.3 is 9.92 Å². The van der Waals surface area contributed by atoms with Gasteiger partial charge in [-0.2, -0.15) is 0 Å². The topological polar surface area (TPSA) is 41.9 Å². The maximum atomic E-state index is 9.25. The van der Waals surface area contributed by atoms with Crippen molar-refractivity contribution in [3.63, 3.8) is 0 Å². The molecule has 0 aromatic rings. The molecule has 0 aliphatic rings. The normalized spacial score (nSPS) is 10.7. The Kier molecular flexibility index (Phi) is 3.53. The summed E-state index contributed by atoms with van der Waals surface area (Å²) in [4.78, 5) is 9.25. The second kappa shape index (κ2) is 3.76. The molecule has 7 heavy (non-hydrogen) atoms. The van der Waals surface area contributed by atoms with E-state index in [-0.39, 0.29) is 0 Å². The highest BCUT2D eigenvalue weighted by atomic mass is 28.2. The van der Waals surface area contributed by atoms with Gasteiger partial charge in [0, 0.05) is 0 Å². The molecule has 0 rings (SSSR count). The Bertz CT molecular complexity index is 57.7. The van der Waals surface area contributed by atoms with Crippen molar-refractivity contribution in [3.05, 3.63) is 4.91 Å². The quantitative estimate of drug-likeness (QED) is 0.279. The van der Waals surface area contributed by atoms with Crippen molar-refractivity contribution in [3.8, 4) is 0 Å². The van der Waals surface area contributed by atoms with Crippen LogP contribution in [-0.4, -0.2) is 28.6 Å². The highest BCUT2D eigenvalue weighted by Gasteiger charge is 1.87. The zero-order valence-corrected chi connectivity index (χ0v) is 5.83. The summed E-state index contributed by atoms with van der Waals surface area (Å²) in [7, 11) is 2.89. The highest BCUT2D eigenvalue weighted by Crippen LogP contribution is 1.71. The lowest BCUT2D eigenvalue weighted by Gasteiger charge is -2.01. The van der Waals surface area contributed by atoms with Gasteiger partial charge in [-0.15, -0.1) is 4.91 Å². The third-order valence-corrected chi connectivity index (χ3v) is 1.11. The van der Waals surface area contributed by atoms with E-state index in [1.54, 1.807) is 0 Å². The molecule has 0 fully saturated rings. The van der Waals surface area contributed by atoms with Crippen molar-refractivity contribution in [1.29, 1.82) is 0 Å². The zero-order chi connectivity index (χ0) is 5.70. The lowest BCUT2D eigenvalue weighted by Crippen LogP contribution is -2.18. The second-order valence-electron chi connectivity index (χ2n) is 1.41. The van der Waals surface area contributed by atoms with Gasteiger partial charge in [-0.25, -0.2) is 0 Å². The molecule has 0 unspecified atom stereocenters. The van der Waals surface area contributed by atoms with E-state index in [4.69, 9.17) is 0 Å². The molecule has 0 spiro atoms. The molecule has 0 saturated heterocycles. The maximum absolute atomic E-state index is 9.25. The predicted molar refractivity (Wildman–Crippen MR) is 29.1 cm³/mol. The summed E-state index contributed by atoms with van der Waals surface area (Å²) in [5, 5.41) is 2.25. The Morgan fingerprint density at radius 3 is 2.43 bits per heavy atom. The monoisotopic (exact) mass is 120 g/mol. The molecule has 5 heteroatoms. The smallest absolute Gasteiger partial charge is 0.338 e. The van der Waals surface area contributed by atoms with Gasteiger partial charge in [0.2, 0.25) is 0 Å². The lowest BCUT2D eigenvalue weighted by molar-refractivity contribution is 0.321. The SMILES string of the molecule is CN(C)[SiH2]ON=O. The van der Waals surface area contributed by atoms with Crippen molar-refractivity contribution in [2.75, 3.05) is 14.1 Å². The lowest BCUT2D eigenvalue weighted by atomic mass is 11.3. The van der Waals surface area contributed by atoms with E-state index in [2.05, 4.69) is 9.87 Å². The Labute approximate surface area is 44.4 Å². The van der Waals surface area contributed by atoms with Gasteiger partial charge in [0.05, 0.1) is 0 Å². The first-order valence-corrected chi connectivity index (χ1v) is 3.07. The van der Waals surface area contributed by atoms with Crippen LogP contribution in [0.15, 0.2) is 5.34 Å². The van der Waals surface area contributed by atoms with Crippen LogP contribution >= 0.6 is 0 Å². The minimum atomic E-state index is -0.800. The van der Waals surface area contributed by atoms with Crippen molar-refractivity contribution in [2.45, 2.75) is 0 Å². The minimum absolute atomic E-state index is 0.800. The minimum Gasteiger partial charge on any atom is -0.413 e. The van der Waals surface area contributed by atoms with Crippen LogP contribution in [0.25, 0.3) is 0 Å². The standard InChI is InChI=1S/C2H8N2O2Si/c1-4(2)7-6-3-5/h7H2,1-2H3. The van der Waals surface area contributed by atoms with E-state index in [9.17, 15) is 4.91 Å². The van der Waals surface area contributed by atoms with Crippen molar-refractivity contribution in [2.24, 2.45) is 5.34 Å². The fraction of sp³-hybridized carbons (Fsp3) is 1.00. The molecular weight excluding hydrogens is 112 g/mol. The van der Waals surface area contributed by atoms with Gasteiger partial charge in [0.1, 0.15) is 5.34 Å². The molecule has 0 heterocycles. The van der Waals surface area contributed by atoms with Crippen LogP contribution in [-0.2, 0) is 4.53 Å². The molecule has 0 radical (unpaired) electrons. The van der Waals surface area contributed by atoms with Crippen molar-refractivity contribution in [1.82, 2.24) is 4.57 Å². The summed E-state index contributed by atoms with van der Waals surface area (Å²) in [6.07, 6.45) is 0. The van der Waals surface area contributed by atoms with Gasteiger partial charge in [-0.05, 0) is 14.1 Å². The van der Waals surface area contributed by atoms with Crippen LogP contribution in [0.2, 0.25) is 0 Å². The van der Waals surface area contributed by atoms with E-state index in [0.29, 0.717) is 0 Å². The second-order valence-corrected chi connectivity index (χ2v) is 3.19. The summed E-state index contributed by atoms with van der Waals surface area (Å²) in [5.74, 6) is 0. The molecular formula is C2H8N2O2Si. The van der Waals surface area contributed by atoms with E-state index in [0.717, 1.165) is 0 Å². The molecule has 0 aromatic heterocycles. The maximum Gasteiger partial charge on any atom is 0.338 e. The molecule has 0 aliphatic heterocycles. The third kappa shape index (κ3) is 5.58. The summed E-state index contributed by atoms with van der Waals surface area (Å²) < 4.78 is 6.06. The van der Waals surface area contributed by atoms with Crippen LogP contribution in [0, 0.1) is 4.91 Å². The first kappa shape index (κ1) is 6.58. The predicted octanol–water partition coefficient (Wildman–Crippen LogP) is -0.755. The molecule has 0 N–H and O–H groups in total. The van der Waals surface area contributed by atoms with Crippen molar-refractivity contribution >= 4 is 9.92 Å². The number of nitrogens with zero attached hydrogens (tertiary/aromatic N) is 2. The van der Waals surface area contributed by atoms with Crippen molar-refractivity contribution < 1.29 is 4.53 Å². The summed E-state index contributed by atoms with van der Waals surface area (Å²) in [5.41, 5.74) is 0. The molecule has 0 amide bonds. The van der Waals surface area contributed by atoms with E-state index < -0.39 is 9.92 Å². The summed E-state index contributed by atoms with van der Waals surface area (Å²) in [6, 6.07) is 0. The van der Waals surface area contributed by atoms with E-state index >= 15 is 0 Å². The fourth-order valence-electron chi connectivity index (χ4n) is 0.139. The third-order valence-electron chi connectivity index (χ3n) is 0.369. The Morgan fingerprint density at radius 2 is 2.29 bits per heavy atom. The number of hydrogen-bond donors (Lipinski definition) is 0. The van der Waals surface area contributed by atoms with Gasteiger partial charge in [-0.3, -0.25) is 0 Å². The molecule has 0 saturated carbocycles. The largest absolute Gasteiger partial charge is 0.413 e. The zero-order valence-electron chi connectivity index (χ0n) is 4.42. The highest BCUT2D eigenvalue weighted by molar-refractivity contribution is 6.22. The van der Waals surface area contributed by atoms with E-state index in [1.165, 1.54) is 0 Å². The summed E-state index contributed by atoms with van der Waals surface area (Å²) in [6.45, 7) is 0. The average Bonchev–Trinajstić information content (AvgIpc) is 1.61.